The van der Waals surface area contributed by atoms with Crippen LogP contribution in [0.15, 0.2) is 11.8 Å². The minimum absolute atomic E-state index is 0.0692. The molecule has 0 atom stereocenters. The third kappa shape index (κ3) is 8.04. The normalized spacial score (nSPS) is 12.2. The van der Waals surface area contributed by atoms with Gasteiger partial charge in [0.25, 0.3) is 0 Å². The number of unbranched alkanes of at least 4 members (excludes halogenated alkanes) is 2. The summed E-state index contributed by atoms with van der Waals surface area (Å²) in [5, 5.41) is 1.53. The fourth-order valence-electron chi connectivity index (χ4n) is 1.14. The zero-order valence-corrected chi connectivity index (χ0v) is 11.8. The maximum Gasteiger partial charge on any atom is 0.471 e. The van der Waals surface area contributed by atoms with E-state index >= 15 is 0 Å². The number of halogens is 4. The minimum Gasteiger partial charge on any atom is -0.461 e. The second-order valence-corrected chi connectivity index (χ2v) is 4.27. The van der Waals surface area contributed by atoms with E-state index in [-0.39, 0.29) is 6.61 Å². The van der Waals surface area contributed by atoms with E-state index in [9.17, 15) is 22.8 Å². The van der Waals surface area contributed by atoms with Crippen LogP contribution < -0.4 is 5.32 Å². The minimum atomic E-state index is -5.06. The van der Waals surface area contributed by atoms with E-state index in [0.717, 1.165) is 0 Å². The predicted molar refractivity (Wildman–Crippen MR) is 68.1 cm³/mol. The van der Waals surface area contributed by atoms with Gasteiger partial charge in [-0.05, 0) is 25.7 Å². The van der Waals surface area contributed by atoms with Gasteiger partial charge in [0.2, 0.25) is 0 Å². The Balaban J connectivity index is 4.69. The molecule has 0 aromatic heterocycles. The first-order valence-electron chi connectivity index (χ1n) is 6.14. The van der Waals surface area contributed by atoms with Crippen molar-refractivity contribution in [1.29, 1.82) is 0 Å². The highest BCUT2D eigenvalue weighted by molar-refractivity contribution is 6.17. The highest BCUT2D eigenvalue weighted by atomic mass is 35.5. The lowest BCUT2D eigenvalue weighted by Gasteiger charge is -2.11. The molecular formula is C12H17ClF3NO3. The highest BCUT2D eigenvalue weighted by Crippen LogP contribution is 2.15. The van der Waals surface area contributed by atoms with Crippen molar-refractivity contribution < 1.29 is 27.5 Å². The van der Waals surface area contributed by atoms with Crippen LogP contribution in [0, 0.1) is 0 Å². The second kappa shape index (κ2) is 9.63. The highest BCUT2D eigenvalue weighted by Gasteiger charge is 2.39. The molecule has 0 unspecified atom stereocenters. The van der Waals surface area contributed by atoms with Crippen LogP contribution in [-0.2, 0) is 14.3 Å². The first-order valence-corrected chi connectivity index (χ1v) is 6.67. The molecule has 116 valence electrons. The summed E-state index contributed by atoms with van der Waals surface area (Å²) in [4.78, 5) is 22.4. The number of alkyl halides is 4. The second-order valence-electron chi connectivity index (χ2n) is 3.89. The van der Waals surface area contributed by atoms with Crippen molar-refractivity contribution in [2.75, 3.05) is 12.5 Å². The lowest BCUT2D eigenvalue weighted by Crippen LogP contribution is -2.38. The number of hydrogen-bond acceptors (Lipinski definition) is 3. The van der Waals surface area contributed by atoms with Gasteiger partial charge < -0.3 is 10.1 Å². The molecule has 0 bridgehead atoms. The number of allylic oxidation sites excluding steroid dienone is 1. The number of ether oxygens (including phenoxy) is 1. The Morgan fingerprint density at radius 2 is 1.95 bits per heavy atom. The monoisotopic (exact) mass is 315 g/mol. The van der Waals surface area contributed by atoms with Crippen molar-refractivity contribution in [3.8, 4) is 0 Å². The summed E-state index contributed by atoms with van der Waals surface area (Å²) in [5.74, 6) is -2.76. The van der Waals surface area contributed by atoms with Gasteiger partial charge in [0, 0.05) is 5.88 Å². The number of amides is 1. The zero-order chi connectivity index (χ0) is 15.6. The predicted octanol–water partition coefficient (Wildman–Crippen LogP) is 2.91. The summed E-state index contributed by atoms with van der Waals surface area (Å²) in [6.45, 7) is 1.81. The van der Waals surface area contributed by atoms with Crippen LogP contribution in [0.3, 0.4) is 0 Å². The Morgan fingerprint density at radius 3 is 2.45 bits per heavy atom. The summed E-state index contributed by atoms with van der Waals surface area (Å²) in [6, 6.07) is 0. The van der Waals surface area contributed by atoms with E-state index in [1.165, 1.54) is 11.4 Å². The molecule has 0 saturated carbocycles. The molecule has 4 nitrogen and oxygen atoms in total. The van der Waals surface area contributed by atoms with E-state index in [1.54, 1.807) is 6.92 Å². The van der Waals surface area contributed by atoms with Gasteiger partial charge in [-0.1, -0.05) is 13.0 Å². The van der Waals surface area contributed by atoms with Gasteiger partial charge >= 0.3 is 18.1 Å². The summed E-state index contributed by atoms with van der Waals surface area (Å²) in [7, 11) is 0. The van der Waals surface area contributed by atoms with Crippen LogP contribution in [0.2, 0.25) is 0 Å². The average molecular weight is 316 g/mol. The Kier molecular flexibility index (Phi) is 9.03. The lowest BCUT2D eigenvalue weighted by atomic mass is 10.2. The van der Waals surface area contributed by atoms with Crippen LogP contribution in [0.25, 0.3) is 0 Å². The molecule has 0 rings (SSSR count). The molecular weight excluding hydrogens is 299 g/mol. The number of hydrogen-bond donors (Lipinski definition) is 1. The zero-order valence-electron chi connectivity index (χ0n) is 11.1. The van der Waals surface area contributed by atoms with Gasteiger partial charge in [0.15, 0.2) is 0 Å². The topological polar surface area (TPSA) is 55.4 Å². The number of rotatable bonds is 8. The smallest absolute Gasteiger partial charge is 0.461 e. The number of carbonyl (C=O) groups excluding carboxylic acids is 2. The summed E-state index contributed by atoms with van der Waals surface area (Å²) < 4.78 is 41.2. The quantitative estimate of drug-likeness (QED) is 0.324. The van der Waals surface area contributed by atoms with Crippen molar-refractivity contribution in [2.45, 2.75) is 38.8 Å². The molecule has 1 amide bonds. The molecule has 0 fully saturated rings. The van der Waals surface area contributed by atoms with Gasteiger partial charge in [-0.15, -0.1) is 11.6 Å². The molecule has 20 heavy (non-hydrogen) atoms. The maximum absolute atomic E-state index is 12.2. The Labute approximate surface area is 120 Å². The van der Waals surface area contributed by atoms with Gasteiger partial charge in [-0.3, -0.25) is 4.79 Å². The fraction of sp³-hybridized carbons (Fsp3) is 0.667. The first-order chi connectivity index (χ1) is 9.32. The van der Waals surface area contributed by atoms with Gasteiger partial charge in [-0.2, -0.15) is 13.2 Å². The van der Waals surface area contributed by atoms with Crippen LogP contribution in [-0.4, -0.2) is 30.5 Å². The molecule has 0 radical (unpaired) electrons. The van der Waals surface area contributed by atoms with Crippen molar-refractivity contribution in [2.24, 2.45) is 0 Å². The Morgan fingerprint density at radius 1 is 1.30 bits per heavy atom. The molecule has 0 spiro atoms. The standard InChI is InChI=1S/C12H17ClF3NO3/c1-2-8-20-10(18)9(6-4-3-5-7-13)17-11(19)12(14,15)16/h6H,2-5,7-8H2,1H3,(H,17,19)/b9-6-. The van der Waals surface area contributed by atoms with Crippen LogP contribution in [0.5, 0.6) is 0 Å². The van der Waals surface area contributed by atoms with E-state index in [1.807, 2.05) is 0 Å². The van der Waals surface area contributed by atoms with E-state index in [2.05, 4.69) is 0 Å². The van der Waals surface area contributed by atoms with Crippen molar-refractivity contribution in [3.05, 3.63) is 11.8 Å². The summed E-state index contributed by atoms with van der Waals surface area (Å²) in [5.41, 5.74) is -0.490. The third-order valence-electron chi connectivity index (χ3n) is 2.10. The molecule has 8 heteroatoms. The molecule has 0 aliphatic rings. The lowest BCUT2D eigenvalue weighted by molar-refractivity contribution is -0.173. The summed E-state index contributed by atoms with van der Waals surface area (Å²) in [6.07, 6.45) is -1.74. The van der Waals surface area contributed by atoms with Crippen molar-refractivity contribution in [3.63, 3.8) is 0 Å². The number of carbonyl (C=O) groups is 2. The van der Waals surface area contributed by atoms with Crippen LogP contribution in [0.1, 0.15) is 32.6 Å². The van der Waals surface area contributed by atoms with Gasteiger partial charge in [0.1, 0.15) is 5.70 Å². The molecule has 0 aromatic rings. The van der Waals surface area contributed by atoms with Crippen molar-refractivity contribution in [1.82, 2.24) is 5.32 Å². The largest absolute Gasteiger partial charge is 0.471 e. The molecule has 0 heterocycles. The van der Waals surface area contributed by atoms with Crippen LogP contribution in [0.4, 0.5) is 13.2 Å². The molecule has 0 aliphatic carbocycles. The SMILES string of the molecule is CCCOC(=O)/C(=C/CCCCCl)NC(=O)C(F)(F)F. The average Bonchev–Trinajstić information content (AvgIpc) is 2.38. The third-order valence-corrected chi connectivity index (χ3v) is 2.37. The Bertz CT molecular complexity index is 356. The van der Waals surface area contributed by atoms with E-state index < -0.39 is 23.7 Å². The van der Waals surface area contributed by atoms with Crippen LogP contribution >= 0.6 is 11.6 Å². The first kappa shape index (κ1) is 18.8. The van der Waals surface area contributed by atoms with E-state index in [0.29, 0.717) is 31.6 Å². The van der Waals surface area contributed by atoms with Crippen molar-refractivity contribution >= 4 is 23.5 Å². The molecule has 0 aliphatic heterocycles. The molecule has 0 saturated heterocycles. The van der Waals surface area contributed by atoms with Gasteiger partial charge in [-0.25, -0.2) is 4.79 Å². The summed E-state index contributed by atoms with van der Waals surface area (Å²) >= 11 is 5.46. The Hall–Kier alpha value is -1.24. The number of esters is 1. The maximum atomic E-state index is 12.2. The molecule has 0 aromatic carbocycles. The van der Waals surface area contributed by atoms with Gasteiger partial charge in [0.05, 0.1) is 6.61 Å². The molecule has 1 N–H and O–H groups in total. The van der Waals surface area contributed by atoms with E-state index in [4.69, 9.17) is 16.3 Å². The fourth-order valence-corrected chi connectivity index (χ4v) is 1.33. The number of nitrogens with one attached hydrogen (secondary N) is 1.